The van der Waals surface area contributed by atoms with E-state index in [4.69, 9.17) is 0 Å². The molecule has 0 N–H and O–H groups in total. The van der Waals surface area contributed by atoms with Gasteiger partial charge in [-0.3, -0.25) is 0 Å². The molecule has 0 saturated heterocycles. The van der Waals surface area contributed by atoms with E-state index >= 15 is 0 Å². The first-order chi connectivity index (χ1) is 9.74. The van der Waals surface area contributed by atoms with Crippen LogP contribution >= 0.6 is 0 Å². The summed E-state index contributed by atoms with van der Waals surface area (Å²) in [5, 5.41) is 0. The van der Waals surface area contributed by atoms with E-state index in [9.17, 15) is 0 Å². The van der Waals surface area contributed by atoms with Crippen LogP contribution in [0.3, 0.4) is 0 Å². The number of allylic oxidation sites excluding steroid dienone is 2. The topological polar surface area (TPSA) is 6.48 Å². The quantitative estimate of drug-likeness (QED) is 0.470. The molecule has 20 heavy (non-hydrogen) atoms. The Morgan fingerprint density at radius 1 is 0.750 bits per heavy atom. The Balaban J connectivity index is 2.59. The van der Waals surface area contributed by atoms with Crippen molar-refractivity contribution in [3.05, 3.63) is 11.4 Å². The van der Waals surface area contributed by atoms with Gasteiger partial charge in [-0.25, -0.2) is 0 Å². The van der Waals surface area contributed by atoms with Gasteiger partial charge in [0.25, 0.3) is 0 Å². The predicted octanol–water partition coefficient (Wildman–Crippen LogP) is 5.36. The monoisotopic (exact) mass is 280 g/mol. The highest BCUT2D eigenvalue weighted by atomic mass is 15.4. The first kappa shape index (κ1) is 17.4. The smallest absolute Gasteiger partial charge is 0.0895 e. The summed E-state index contributed by atoms with van der Waals surface area (Å²) in [6, 6.07) is 0. The number of unbranched alkanes of at least 4 members (excludes halogenated alkanes) is 5. The molecule has 0 amide bonds. The molecule has 1 rings (SSSR count). The van der Waals surface area contributed by atoms with Crippen LogP contribution in [-0.2, 0) is 0 Å². The third kappa shape index (κ3) is 5.38. The standard InChI is InChI=1S/C18H36N2/c1-5-8-11-12-15-20-16-19(4)17(13-9-6-2)18(20)14-10-7-3/h5-16H2,1-4H3. The number of rotatable bonds is 11. The Morgan fingerprint density at radius 2 is 1.35 bits per heavy atom. The minimum Gasteiger partial charge on any atom is -0.359 e. The molecule has 2 nitrogen and oxygen atoms in total. The summed E-state index contributed by atoms with van der Waals surface area (Å²) < 4.78 is 0. The van der Waals surface area contributed by atoms with Crippen LogP contribution in [0.15, 0.2) is 11.4 Å². The van der Waals surface area contributed by atoms with E-state index in [0.29, 0.717) is 0 Å². The lowest BCUT2D eigenvalue weighted by molar-refractivity contribution is 0.264. The molecule has 0 aromatic rings. The van der Waals surface area contributed by atoms with E-state index in [1.54, 1.807) is 11.4 Å². The molecule has 0 bridgehead atoms. The molecule has 118 valence electrons. The van der Waals surface area contributed by atoms with Gasteiger partial charge in [0.05, 0.1) is 6.67 Å². The second-order valence-electron chi connectivity index (χ2n) is 6.26. The van der Waals surface area contributed by atoms with Gasteiger partial charge in [-0.1, -0.05) is 52.9 Å². The van der Waals surface area contributed by atoms with E-state index in [2.05, 4.69) is 37.6 Å². The predicted molar refractivity (Wildman–Crippen MR) is 89.6 cm³/mol. The summed E-state index contributed by atoms with van der Waals surface area (Å²) in [6.45, 7) is 9.28. The molecule has 1 heterocycles. The van der Waals surface area contributed by atoms with Crippen molar-refractivity contribution in [3.63, 3.8) is 0 Å². The molecule has 0 aliphatic carbocycles. The summed E-state index contributed by atoms with van der Waals surface area (Å²) in [6.07, 6.45) is 13.3. The number of nitrogens with zero attached hydrogens (tertiary/aromatic N) is 2. The second kappa shape index (κ2) is 10.1. The van der Waals surface area contributed by atoms with Crippen molar-refractivity contribution in [3.8, 4) is 0 Å². The van der Waals surface area contributed by atoms with E-state index < -0.39 is 0 Å². The van der Waals surface area contributed by atoms with E-state index in [1.165, 1.54) is 70.8 Å². The summed E-state index contributed by atoms with van der Waals surface area (Å²) in [5.74, 6) is 0. The van der Waals surface area contributed by atoms with Crippen molar-refractivity contribution >= 4 is 0 Å². The average Bonchev–Trinajstić information content (AvgIpc) is 2.74. The molecule has 0 atom stereocenters. The Labute approximate surface area is 127 Å². The highest BCUT2D eigenvalue weighted by Gasteiger charge is 2.24. The van der Waals surface area contributed by atoms with Gasteiger partial charge in [0.1, 0.15) is 0 Å². The summed E-state index contributed by atoms with van der Waals surface area (Å²) in [7, 11) is 2.28. The van der Waals surface area contributed by atoms with Crippen LogP contribution in [0.1, 0.15) is 85.0 Å². The first-order valence-electron chi connectivity index (χ1n) is 8.92. The highest BCUT2D eigenvalue weighted by molar-refractivity contribution is 5.17. The van der Waals surface area contributed by atoms with Crippen molar-refractivity contribution in [1.82, 2.24) is 9.80 Å². The van der Waals surface area contributed by atoms with E-state index in [-0.39, 0.29) is 0 Å². The minimum absolute atomic E-state index is 1.13. The highest BCUT2D eigenvalue weighted by Crippen LogP contribution is 2.30. The molecule has 1 aliphatic heterocycles. The summed E-state index contributed by atoms with van der Waals surface area (Å²) >= 11 is 0. The van der Waals surface area contributed by atoms with Crippen LogP contribution in [0, 0.1) is 0 Å². The molecule has 0 aromatic carbocycles. The molecule has 1 aliphatic rings. The van der Waals surface area contributed by atoms with Crippen molar-refractivity contribution in [2.24, 2.45) is 0 Å². The Kier molecular flexibility index (Phi) is 8.80. The molecule has 0 fully saturated rings. The fourth-order valence-corrected chi connectivity index (χ4v) is 3.09. The van der Waals surface area contributed by atoms with E-state index in [1.807, 2.05) is 0 Å². The maximum absolute atomic E-state index is 2.66. The SMILES string of the molecule is CCCCCCN1CN(C)C(CCCC)=C1CCCC. The first-order valence-corrected chi connectivity index (χ1v) is 8.92. The van der Waals surface area contributed by atoms with Gasteiger partial charge in [-0.15, -0.1) is 0 Å². The van der Waals surface area contributed by atoms with Crippen molar-refractivity contribution in [2.45, 2.75) is 85.0 Å². The van der Waals surface area contributed by atoms with Gasteiger partial charge in [0, 0.05) is 25.0 Å². The fraction of sp³-hybridized carbons (Fsp3) is 0.889. The van der Waals surface area contributed by atoms with E-state index in [0.717, 1.165) is 6.67 Å². The van der Waals surface area contributed by atoms with Gasteiger partial charge in [-0.05, 0) is 32.1 Å². The lowest BCUT2D eigenvalue weighted by Gasteiger charge is -2.22. The van der Waals surface area contributed by atoms with Crippen LogP contribution < -0.4 is 0 Å². The van der Waals surface area contributed by atoms with Crippen molar-refractivity contribution in [1.29, 1.82) is 0 Å². The van der Waals surface area contributed by atoms with Gasteiger partial charge in [-0.2, -0.15) is 0 Å². The van der Waals surface area contributed by atoms with Gasteiger partial charge in [0.2, 0.25) is 0 Å². The Bertz CT molecular complexity index is 283. The normalized spacial score (nSPS) is 15.6. The lowest BCUT2D eigenvalue weighted by Crippen LogP contribution is -2.26. The zero-order valence-electron chi connectivity index (χ0n) is 14.4. The zero-order valence-corrected chi connectivity index (χ0v) is 14.4. The molecular formula is C18H36N2. The average molecular weight is 280 g/mol. The van der Waals surface area contributed by atoms with Crippen LogP contribution in [0.2, 0.25) is 0 Å². The van der Waals surface area contributed by atoms with Crippen LogP contribution in [0.25, 0.3) is 0 Å². The van der Waals surface area contributed by atoms with Gasteiger partial charge >= 0.3 is 0 Å². The lowest BCUT2D eigenvalue weighted by atomic mass is 10.1. The zero-order chi connectivity index (χ0) is 14.8. The van der Waals surface area contributed by atoms with Gasteiger partial charge in [0.15, 0.2) is 0 Å². The van der Waals surface area contributed by atoms with Crippen molar-refractivity contribution < 1.29 is 0 Å². The second-order valence-corrected chi connectivity index (χ2v) is 6.26. The third-order valence-corrected chi connectivity index (χ3v) is 4.37. The molecule has 0 spiro atoms. The van der Waals surface area contributed by atoms with Crippen LogP contribution in [-0.4, -0.2) is 30.1 Å². The third-order valence-electron chi connectivity index (χ3n) is 4.37. The minimum atomic E-state index is 1.13. The molecular weight excluding hydrogens is 244 g/mol. The van der Waals surface area contributed by atoms with Crippen LogP contribution in [0.4, 0.5) is 0 Å². The van der Waals surface area contributed by atoms with Gasteiger partial charge < -0.3 is 9.80 Å². The molecule has 2 heteroatoms. The largest absolute Gasteiger partial charge is 0.359 e. The molecule has 0 saturated carbocycles. The Morgan fingerprint density at radius 3 is 1.95 bits per heavy atom. The number of hydrogen-bond acceptors (Lipinski definition) is 2. The number of hydrogen-bond donors (Lipinski definition) is 0. The molecule has 0 radical (unpaired) electrons. The summed E-state index contributed by atoms with van der Waals surface area (Å²) in [4.78, 5) is 5.16. The maximum Gasteiger partial charge on any atom is 0.0895 e. The summed E-state index contributed by atoms with van der Waals surface area (Å²) in [5.41, 5.74) is 3.30. The maximum atomic E-state index is 2.66. The van der Waals surface area contributed by atoms with Crippen molar-refractivity contribution in [2.75, 3.05) is 20.3 Å². The van der Waals surface area contributed by atoms with Crippen LogP contribution in [0.5, 0.6) is 0 Å². The Hall–Kier alpha value is -0.660. The molecule has 0 unspecified atom stereocenters. The fourth-order valence-electron chi connectivity index (χ4n) is 3.09. The molecule has 0 aromatic heterocycles.